The molecule has 1 aromatic rings. The lowest BCUT2D eigenvalue weighted by atomic mass is 10.0. The minimum Gasteiger partial charge on any atom is -0.455 e. The van der Waals surface area contributed by atoms with E-state index in [1.54, 1.807) is 6.07 Å². The predicted molar refractivity (Wildman–Crippen MR) is 67.5 cm³/mol. The van der Waals surface area contributed by atoms with Gasteiger partial charge in [-0.2, -0.15) is 0 Å². The number of esters is 1. The molecule has 1 aliphatic rings. The quantitative estimate of drug-likeness (QED) is 0.803. The van der Waals surface area contributed by atoms with Gasteiger partial charge in [0.05, 0.1) is 0 Å². The zero-order chi connectivity index (χ0) is 13.3. The zero-order valence-electron chi connectivity index (χ0n) is 11.3. The van der Waals surface area contributed by atoms with Crippen LogP contribution in [-0.2, 0) is 4.74 Å². The molecule has 1 aliphatic heterocycles. The van der Waals surface area contributed by atoms with Crippen LogP contribution >= 0.6 is 0 Å². The smallest absolute Gasteiger partial charge is 0.357 e. The number of nitrogens with zero attached hydrogens (tertiary/aromatic N) is 2. The van der Waals surface area contributed by atoms with E-state index in [0.717, 1.165) is 24.6 Å². The molecule has 2 rings (SSSR count). The molecule has 0 unspecified atom stereocenters. The van der Waals surface area contributed by atoms with Crippen molar-refractivity contribution in [1.82, 2.24) is 15.3 Å². The molecule has 0 bridgehead atoms. The highest BCUT2D eigenvalue weighted by Gasteiger charge is 2.25. The van der Waals surface area contributed by atoms with Gasteiger partial charge >= 0.3 is 5.97 Å². The number of carbonyl (C=O) groups is 1. The van der Waals surface area contributed by atoms with Gasteiger partial charge in [0.15, 0.2) is 5.69 Å². The first-order chi connectivity index (χ1) is 8.35. The zero-order valence-corrected chi connectivity index (χ0v) is 11.3. The van der Waals surface area contributed by atoms with Crippen molar-refractivity contribution >= 4 is 5.97 Å². The highest BCUT2D eigenvalue weighted by atomic mass is 16.6. The fourth-order valence-electron chi connectivity index (χ4n) is 1.68. The number of hydrogen-bond acceptors (Lipinski definition) is 5. The van der Waals surface area contributed by atoms with Crippen molar-refractivity contribution in [2.24, 2.45) is 0 Å². The van der Waals surface area contributed by atoms with Crippen LogP contribution in [0.2, 0.25) is 0 Å². The second-order valence-electron chi connectivity index (χ2n) is 5.61. The summed E-state index contributed by atoms with van der Waals surface area (Å²) in [6.07, 6.45) is 0. The van der Waals surface area contributed by atoms with Gasteiger partial charge in [0.25, 0.3) is 0 Å². The van der Waals surface area contributed by atoms with Gasteiger partial charge in [-0.1, -0.05) is 0 Å². The number of ether oxygens (including phenoxy) is 1. The Morgan fingerprint density at radius 3 is 2.56 bits per heavy atom. The highest BCUT2D eigenvalue weighted by molar-refractivity contribution is 5.87. The molecule has 0 amide bonds. The lowest BCUT2D eigenvalue weighted by molar-refractivity contribution is 0.00619. The Hall–Kier alpha value is -1.49. The third-order valence-corrected chi connectivity index (χ3v) is 2.63. The van der Waals surface area contributed by atoms with Crippen LogP contribution in [0.25, 0.3) is 0 Å². The van der Waals surface area contributed by atoms with E-state index in [0.29, 0.717) is 11.6 Å². The number of carbonyl (C=O) groups excluding carboxylic acids is 1. The lowest BCUT2D eigenvalue weighted by Gasteiger charge is -2.26. The average Bonchev–Trinajstić information content (AvgIpc) is 2.10. The molecular weight excluding hydrogens is 230 g/mol. The first-order valence-corrected chi connectivity index (χ1v) is 6.15. The topological polar surface area (TPSA) is 64.1 Å². The molecule has 1 saturated heterocycles. The van der Waals surface area contributed by atoms with Crippen molar-refractivity contribution in [3.63, 3.8) is 0 Å². The van der Waals surface area contributed by atoms with Gasteiger partial charge in [-0.3, -0.25) is 0 Å². The van der Waals surface area contributed by atoms with E-state index in [2.05, 4.69) is 15.3 Å². The maximum Gasteiger partial charge on any atom is 0.357 e. The van der Waals surface area contributed by atoms with Crippen molar-refractivity contribution in [2.75, 3.05) is 13.1 Å². The number of hydrogen-bond donors (Lipinski definition) is 1. The third-order valence-electron chi connectivity index (χ3n) is 2.63. The minimum absolute atomic E-state index is 0.311. The number of aryl methyl sites for hydroxylation is 1. The maximum atomic E-state index is 12.0. The van der Waals surface area contributed by atoms with Crippen LogP contribution in [0.4, 0.5) is 0 Å². The average molecular weight is 249 g/mol. The van der Waals surface area contributed by atoms with E-state index in [4.69, 9.17) is 4.74 Å². The van der Waals surface area contributed by atoms with E-state index in [1.165, 1.54) is 0 Å². The molecule has 5 nitrogen and oxygen atoms in total. The second-order valence-corrected chi connectivity index (χ2v) is 5.61. The Bertz CT molecular complexity index is 462. The van der Waals surface area contributed by atoms with Crippen LogP contribution < -0.4 is 5.32 Å². The molecule has 0 spiro atoms. The van der Waals surface area contributed by atoms with Crippen molar-refractivity contribution in [2.45, 2.75) is 39.2 Å². The first kappa shape index (κ1) is 13.0. The van der Waals surface area contributed by atoms with Gasteiger partial charge in [0, 0.05) is 24.7 Å². The van der Waals surface area contributed by atoms with E-state index < -0.39 is 5.60 Å². The van der Waals surface area contributed by atoms with Crippen LogP contribution in [0.3, 0.4) is 0 Å². The molecule has 18 heavy (non-hydrogen) atoms. The SMILES string of the molecule is Cc1cc(C(=O)OC(C)(C)C)nc(C2CNC2)n1. The molecule has 5 heteroatoms. The monoisotopic (exact) mass is 249 g/mol. The third kappa shape index (κ3) is 3.04. The van der Waals surface area contributed by atoms with Gasteiger partial charge in [-0.25, -0.2) is 14.8 Å². The maximum absolute atomic E-state index is 12.0. The highest BCUT2D eigenvalue weighted by Crippen LogP contribution is 2.18. The lowest BCUT2D eigenvalue weighted by Crippen LogP contribution is -2.41. The summed E-state index contributed by atoms with van der Waals surface area (Å²) in [6.45, 7) is 9.14. The summed E-state index contributed by atoms with van der Waals surface area (Å²) in [5, 5.41) is 3.17. The number of aromatic nitrogens is 2. The summed E-state index contributed by atoms with van der Waals surface area (Å²) in [6, 6.07) is 1.67. The molecule has 2 heterocycles. The van der Waals surface area contributed by atoms with Crippen LogP contribution in [-0.4, -0.2) is 34.6 Å². The molecule has 1 N–H and O–H groups in total. The number of nitrogens with one attached hydrogen (secondary N) is 1. The van der Waals surface area contributed by atoms with Crippen molar-refractivity contribution < 1.29 is 9.53 Å². The molecule has 0 atom stereocenters. The van der Waals surface area contributed by atoms with Gasteiger partial charge in [0.1, 0.15) is 11.4 Å². The largest absolute Gasteiger partial charge is 0.455 e. The van der Waals surface area contributed by atoms with E-state index in [1.807, 2.05) is 27.7 Å². The van der Waals surface area contributed by atoms with Gasteiger partial charge in [0.2, 0.25) is 0 Å². The van der Waals surface area contributed by atoms with Crippen molar-refractivity contribution in [3.05, 3.63) is 23.3 Å². The fraction of sp³-hybridized carbons (Fsp3) is 0.615. The summed E-state index contributed by atoms with van der Waals surface area (Å²) in [7, 11) is 0. The van der Waals surface area contributed by atoms with Gasteiger partial charge in [-0.15, -0.1) is 0 Å². The van der Waals surface area contributed by atoms with Crippen LogP contribution in [0.5, 0.6) is 0 Å². The minimum atomic E-state index is -0.506. The molecule has 0 saturated carbocycles. The summed E-state index contributed by atoms with van der Waals surface area (Å²) in [4.78, 5) is 20.7. The van der Waals surface area contributed by atoms with Crippen LogP contribution in [0.1, 0.15) is 48.7 Å². The summed E-state index contributed by atoms with van der Waals surface area (Å²) < 4.78 is 5.32. The summed E-state index contributed by atoms with van der Waals surface area (Å²) in [5.41, 5.74) is 0.640. The normalized spacial score (nSPS) is 16.2. The van der Waals surface area contributed by atoms with Gasteiger partial charge < -0.3 is 10.1 Å². The Morgan fingerprint density at radius 2 is 2.06 bits per heavy atom. The molecule has 1 aromatic heterocycles. The Balaban J connectivity index is 2.22. The van der Waals surface area contributed by atoms with E-state index in [9.17, 15) is 4.79 Å². The Kier molecular flexibility index (Phi) is 3.34. The molecular formula is C13H19N3O2. The fourth-order valence-corrected chi connectivity index (χ4v) is 1.68. The molecule has 0 radical (unpaired) electrons. The van der Waals surface area contributed by atoms with Crippen LogP contribution in [0, 0.1) is 6.92 Å². The molecule has 0 aliphatic carbocycles. The van der Waals surface area contributed by atoms with E-state index >= 15 is 0 Å². The van der Waals surface area contributed by atoms with Gasteiger partial charge in [-0.05, 0) is 33.8 Å². The Labute approximate surface area is 107 Å². The standard InChI is InChI=1S/C13H19N3O2/c1-8-5-10(12(17)18-13(2,3)4)16-11(15-8)9-6-14-7-9/h5,9,14H,6-7H2,1-4H3. The summed E-state index contributed by atoms with van der Waals surface area (Å²) in [5.74, 6) is 0.655. The number of rotatable bonds is 2. The molecule has 0 aromatic carbocycles. The van der Waals surface area contributed by atoms with Crippen molar-refractivity contribution in [1.29, 1.82) is 0 Å². The summed E-state index contributed by atoms with van der Waals surface area (Å²) >= 11 is 0. The second kappa shape index (κ2) is 4.65. The molecule has 1 fully saturated rings. The predicted octanol–water partition coefficient (Wildman–Crippen LogP) is 1.43. The van der Waals surface area contributed by atoms with Crippen molar-refractivity contribution in [3.8, 4) is 0 Å². The van der Waals surface area contributed by atoms with E-state index in [-0.39, 0.29) is 5.97 Å². The first-order valence-electron chi connectivity index (χ1n) is 6.15. The van der Waals surface area contributed by atoms with Crippen LogP contribution in [0.15, 0.2) is 6.07 Å². The molecule has 98 valence electrons. The Morgan fingerprint density at radius 1 is 1.39 bits per heavy atom.